The molecule has 0 saturated carbocycles. The Balaban J connectivity index is 1.80. The number of fused-ring (bicyclic) bond motifs is 2. The lowest BCUT2D eigenvalue weighted by Crippen LogP contribution is -2.47. The first-order valence-electron chi connectivity index (χ1n) is 6.68. The lowest BCUT2D eigenvalue weighted by Gasteiger charge is -2.29. The van der Waals surface area contributed by atoms with Gasteiger partial charge < -0.3 is 5.32 Å². The minimum atomic E-state index is -3.54. The third kappa shape index (κ3) is 2.90. The van der Waals surface area contributed by atoms with Crippen LogP contribution in [0.25, 0.3) is 0 Å². The third-order valence-corrected chi connectivity index (χ3v) is 7.22. The quantitative estimate of drug-likeness (QED) is 0.849. The molecule has 2 aliphatic rings. The van der Waals surface area contributed by atoms with Crippen molar-refractivity contribution in [2.75, 3.05) is 0 Å². The van der Waals surface area contributed by atoms with Crippen molar-refractivity contribution >= 4 is 37.6 Å². The largest absolute Gasteiger partial charge is 0.311 e. The number of sulfonamides is 1. The van der Waals surface area contributed by atoms with Crippen molar-refractivity contribution in [3.63, 3.8) is 0 Å². The molecule has 1 aromatic rings. The molecular weight excluding hydrogens is 364 g/mol. The van der Waals surface area contributed by atoms with Gasteiger partial charge in [0.2, 0.25) is 10.0 Å². The van der Waals surface area contributed by atoms with Crippen molar-refractivity contribution < 1.29 is 8.42 Å². The van der Waals surface area contributed by atoms with Crippen LogP contribution in [0.2, 0.25) is 5.02 Å². The highest BCUT2D eigenvalue weighted by Gasteiger charge is 2.35. The maximum Gasteiger partial charge on any atom is 0.241 e. The first-order valence-corrected chi connectivity index (χ1v) is 9.33. The monoisotopic (exact) mass is 378 g/mol. The van der Waals surface area contributed by atoms with Gasteiger partial charge in [-0.2, -0.15) is 0 Å². The van der Waals surface area contributed by atoms with E-state index < -0.39 is 10.0 Å². The topological polar surface area (TPSA) is 58.2 Å². The Morgan fingerprint density at radius 2 is 1.90 bits per heavy atom. The second-order valence-electron chi connectivity index (χ2n) is 5.48. The molecule has 2 bridgehead atoms. The number of rotatable bonds is 3. The minimum Gasteiger partial charge on any atom is -0.311 e. The van der Waals surface area contributed by atoms with Crippen molar-refractivity contribution in [3.8, 4) is 0 Å². The van der Waals surface area contributed by atoms with Crippen molar-refractivity contribution in [1.29, 1.82) is 0 Å². The highest BCUT2D eigenvalue weighted by molar-refractivity contribution is 9.10. The minimum absolute atomic E-state index is 0.00429. The van der Waals surface area contributed by atoms with Crippen LogP contribution in [0.4, 0.5) is 0 Å². The molecular formula is C13H16BrClN2O2S. The molecule has 2 atom stereocenters. The van der Waals surface area contributed by atoms with Gasteiger partial charge in [0, 0.05) is 18.1 Å². The summed E-state index contributed by atoms with van der Waals surface area (Å²) in [5, 5.41) is 3.90. The zero-order valence-corrected chi connectivity index (χ0v) is 13.9. The Morgan fingerprint density at radius 1 is 1.25 bits per heavy atom. The molecule has 4 nitrogen and oxygen atoms in total. The molecule has 2 saturated heterocycles. The van der Waals surface area contributed by atoms with Crippen LogP contribution in [0.5, 0.6) is 0 Å². The molecule has 1 aromatic carbocycles. The predicted octanol–water partition coefficient (Wildman–Crippen LogP) is 2.66. The lowest BCUT2D eigenvalue weighted by molar-refractivity contribution is 0.345. The summed E-state index contributed by atoms with van der Waals surface area (Å²) in [5.74, 6) is 0. The molecule has 2 unspecified atom stereocenters. The van der Waals surface area contributed by atoms with E-state index in [0.717, 1.165) is 25.7 Å². The van der Waals surface area contributed by atoms with Crippen molar-refractivity contribution in [3.05, 3.63) is 27.7 Å². The summed E-state index contributed by atoms with van der Waals surface area (Å²) < 4.78 is 28.2. The summed E-state index contributed by atoms with van der Waals surface area (Å²) in [4.78, 5) is 0.205. The van der Waals surface area contributed by atoms with Crippen molar-refractivity contribution in [2.24, 2.45) is 0 Å². The Morgan fingerprint density at radius 3 is 2.55 bits per heavy atom. The second-order valence-corrected chi connectivity index (χ2v) is 8.36. The molecule has 20 heavy (non-hydrogen) atoms. The zero-order valence-electron chi connectivity index (χ0n) is 10.8. The molecule has 0 amide bonds. The van der Waals surface area contributed by atoms with Crippen LogP contribution < -0.4 is 10.0 Å². The van der Waals surface area contributed by atoms with Gasteiger partial charge in [-0.1, -0.05) is 17.7 Å². The summed E-state index contributed by atoms with van der Waals surface area (Å²) in [6.07, 6.45) is 4.00. The van der Waals surface area contributed by atoms with Gasteiger partial charge in [0.1, 0.15) is 0 Å². The van der Waals surface area contributed by atoms with Gasteiger partial charge in [0.15, 0.2) is 0 Å². The third-order valence-electron chi connectivity index (χ3n) is 4.00. The molecule has 2 aliphatic heterocycles. The first kappa shape index (κ1) is 14.8. The molecule has 3 rings (SSSR count). The first-order chi connectivity index (χ1) is 9.45. The van der Waals surface area contributed by atoms with Crippen LogP contribution in [0, 0.1) is 0 Å². The summed E-state index contributed by atoms with van der Waals surface area (Å²) in [7, 11) is -3.54. The fraction of sp³-hybridized carbons (Fsp3) is 0.538. The Bertz CT molecular complexity index is 611. The van der Waals surface area contributed by atoms with E-state index in [1.807, 2.05) is 0 Å². The molecule has 2 N–H and O–H groups in total. The van der Waals surface area contributed by atoms with E-state index in [4.69, 9.17) is 11.6 Å². The number of benzene rings is 1. The fourth-order valence-corrected chi connectivity index (χ4v) is 5.62. The number of halogens is 2. The zero-order chi connectivity index (χ0) is 14.3. The van der Waals surface area contributed by atoms with Crippen LogP contribution in [0.3, 0.4) is 0 Å². The van der Waals surface area contributed by atoms with E-state index >= 15 is 0 Å². The van der Waals surface area contributed by atoms with Gasteiger partial charge >= 0.3 is 0 Å². The summed E-state index contributed by atoms with van der Waals surface area (Å²) in [6.45, 7) is 0. The average molecular weight is 380 g/mol. The van der Waals surface area contributed by atoms with E-state index in [9.17, 15) is 8.42 Å². The number of piperidine rings is 1. The van der Waals surface area contributed by atoms with Gasteiger partial charge in [-0.15, -0.1) is 0 Å². The molecule has 2 fully saturated rings. The number of hydrogen-bond acceptors (Lipinski definition) is 3. The molecule has 2 heterocycles. The molecule has 7 heteroatoms. The summed E-state index contributed by atoms with van der Waals surface area (Å²) >= 11 is 9.22. The van der Waals surface area contributed by atoms with Crippen LogP contribution in [-0.2, 0) is 10.0 Å². The summed E-state index contributed by atoms with van der Waals surface area (Å²) in [5.41, 5.74) is 0. The van der Waals surface area contributed by atoms with Gasteiger partial charge in [0.25, 0.3) is 0 Å². The van der Waals surface area contributed by atoms with Gasteiger partial charge in [0.05, 0.1) is 14.4 Å². The smallest absolute Gasteiger partial charge is 0.241 e. The summed E-state index contributed by atoms with van der Waals surface area (Å²) in [6, 6.07) is 5.77. The fourth-order valence-electron chi connectivity index (χ4n) is 3.13. The van der Waals surface area contributed by atoms with Crippen molar-refractivity contribution in [2.45, 2.75) is 48.7 Å². The Labute approximate surface area is 132 Å². The van der Waals surface area contributed by atoms with Crippen LogP contribution in [0.1, 0.15) is 25.7 Å². The molecule has 0 spiro atoms. The molecule has 0 aliphatic carbocycles. The lowest BCUT2D eigenvalue weighted by atomic mass is 10.0. The number of nitrogens with one attached hydrogen (secondary N) is 2. The van der Waals surface area contributed by atoms with E-state index in [-0.39, 0.29) is 10.9 Å². The Hall–Kier alpha value is -0.140. The van der Waals surface area contributed by atoms with Gasteiger partial charge in [-0.25, -0.2) is 13.1 Å². The number of hydrogen-bond donors (Lipinski definition) is 2. The predicted molar refractivity (Wildman–Crippen MR) is 82.4 cm³/mol. The van der Waals surface area contributed by atoms with E-state index in [2.05, 4.69) is 26.0 Å². The van der Waals surface area contributed by atoms with Crippen LogP contribution >= 0.6 is 27.5 Å². The molecule has 0 radical (unpaired) electrons. The molecule has 0 aromatic heterocycles. The van der Waals surface area contributed by atoms with Gasteiger partial charge in [-0.05, 0) is 53.7 Å². The van der Waals surface area contributed by atoms with E-state index in [1.165, 1.54) is 0 Å². The van der Waals surface area contributed by atoms with Gasteiger partial charge in [-0.3, -0.25) is 0 Å². The maximum atomic E-state index is 12.5. The van der Waals surface area contributed by atoms with Crippen LogP contribution in [0.15, 0.2) is 27.6 Å². The second kappa shape index (κ2) is 5.57. The Kier molecular flexibility index (Phi) is 4.12. The maximum absolute atomic E-state index is 12.5. The van der Waals surface area contributed by atoms with E-state index in [0.29, 0.717) is 21.6 Å². The molecule has 110 valence electrons. The SMILES string of the molecule is O=S(=O)(NC1CC2CCC(C1)N2)c1cccc(Cl)c1Br. The standard InChI is InChI=1S/C13H16BrClN2O2S/c14-13-11(15)2-1-3-12(13)20(18,19)17-10-6-8-4-5-9(7-10)16-8/h1-3,8-10,16-17H,4-7H2. The van der Waals surface area contributed by atoms with E-state index in [1.54, 1.807) is 18.2 Å². The van der Waals surface area contributed by atoms with Crippen LogP contribution in [-0.4, -0.2) is 26.5 Å². The average Bonchev–Trinajstić information content (AvgIpc) is 2.71. The van der Waals surface area contributed by atoms with Crippen molar-refractivity contribution in [1.82, 2.24) is 10.0 Å². The normalized spacial score (nSPS) is 29.6. The highest BCUT2D eigenvalue weighted by atomic mass is 79.9. The highest BCUT2D eigenvalue weighted by Crippen LogP contribution is 2.31.